The molecule has 0 amide bonds. The summed E-state index contributed by atoms with van der Waals surface area (Å²) in [5.74, 6) is -1.01. The summed E-state index contributed by atoms with van der Waals surface area (Å²) in [6.45, 7) is 1.68. The van der Waals surface area contributed by atoms with E-state index in [1.165, 1.54) is 36.4 Å². The average Bonchev–Trinajstić information content (AvgIpc) is 3.03. The van der Waals surface area contributed by atoms with Gasteiger partial charge in [0.1, 0.15) is 11.6 Å². The van der Waals surface area contributed by atoms with Crippen LogP contribution in [0.3, 0.4) is 0 Å². The molecular weight excluding hydrogens is 334 g/mol. The highest BCUT2D eigenvalue weighted by molar-refractivity contribution is 8.00. The van der Waals surface area contributed by atoms with Crippen LogP contribution in [0.1, 0.15) is 17.3 Å². The van der Waals surface area contributed by atoms with Crippen molar-refractivity contribution in [2.24, 2.45) is 0 Å². The van der Waals surface area contributed by atoms with Crippen molar-refractivity contribution in [3.8, 4) is 11.5 Å². The van der Waals surface area contributed by atoms with Crippen LogP contribution in [0.5, 0.6) is 0 Å². The Kier molecular flexibility index (Phi) is 4.71. The average molecular weight is 346 g/mol. The third-order valence-electron chi connectivity index (χ3n) is 3.29. The zero-order chi connectivity index (χ0) is 17.1. The summed E-state index contributed by atoms with van der Waals surface area (Å²) in [5.41, 5.74) is 0.597. The summed E-state index contributed by atoms with van der Waals surface area (Å²) >= 11 is 1.07. The lowest BCUT2D eigenvalue weighted by Crippen LogP contribution is -2.13. The summed E-state index contributed by atoms with van der Waals surface area (Å²) in [4.78, 5) is 12.3. The number of halogens is 2. The maximum atomic E-state index is 13.7. The van der Waals surface area contributed by atoms with E-state index in [0.29, 0.717) is 5.56 Å². The second-order valence-electron chi connectivity index (χ2n) is 4.98. The highest BCUT2D eigenvalue weighted by Crippen LogP contribution is 2.28. The third-order valence-corrected chi connectivity index (χ3v) is 4.22. The molecule has 1 aromatic heterocycles. The standard InChI is InChI=1S/C17H12F2N2O2S/c1-10(15(22)11-6-8-12(18)9-7-11)24-17-21-20-16(23-17)13-4-2-3-5-14(13)19/h2-10H,1H3/t10-/m1/s1. The molecule has 0 radical (unpaired) electrons. The highest BCUT2D eigenvalue weighted by Gasteiger charge is 2.20. The van der Waals surface area contributed by atoms with Crippen molar-refractivity contribution in [2.45, 2.75) is 17.4 Å². The van der Waals surface area contributed by atoms with Crippen LogP contribution in [0.25, 0.3) is 11.5 Å². The van der Waals surface area contributed by atoms with E-state index in [1.54, 1.807) is 19.1 Å². The molecule has 0 aliphatic carbocycles. The molecule has 0 saturated carbocycles. The minimum absolute atomic E-state index is 0.0528. The van der Waals surface area contributed by atoms with E-state index in [2.05, 4.69) is 10.2 Å². The van der Waals surface area contributed by atoms with Gasteiger partial charge in [-0.1, -0.05) is 23.9 Å². The number of ketones is 1. The Morgan fingerprint density at radius 2 is 1.79 bits per heavy atom. The van der Waals surface area contributed by atoms with Crippen molar-refractivity contribution >= 4 is 17.5 Å². The molecule has 0 spiro atoms. The van der Waals surface area contributed by atoms with Gasteiger partial charge >= 0.3 is 0 Å². The van der Waals surface area contributed by atoms with Gasteiger partial charge in [-0.05, 0) is 43.3 Å². The summed E-state index contributed by atoms with van der Waals surface area (Å²) < 4.78 is 32.0. The van der Waals surface area contributed by atoms with Gasteiger partial charge in [0.2, 0.25) is 0 Å². The maximum Gasteiger partial charge on any atom is 0.277 e. The van der Waals surface area contributed by atoms with Gasteiger partial charge in [0.25, 0.3) is 11.1 Å². The Balaban J connectivity index is 1.73. The van der Waals surface area contributed by atoms with Gasteiger partial charge in [-0.2, -0.15) is 0 Å². The number of aromatic nitrogens is 2. The molecule has 1 heterocycles. The summed E-state index contributed by atoms with van der Waals surface area (Å²) in [7, 11) is 0. The van der Waals surface area contributed by atoms with Crippen LogP contribution in [-0.2, 0) is 0 Å². The molecule has 0 aliphatic rings. The van der Waals surface area contributed by atoms with Crippen molar-refractivity contribution in [1.82, 2.24) is 10.2 Å². The van der Waals surface area contributed by atoms with E-state index in [1.807, 2.05) is 0 Å². The van der Waals surface area contributed by atoms with Gasteiger partial charge in [0.05, 0.1) is 10.8 Å². The van der Waals surface area contributed by atoms with Gasteiger partial charge in [-0.25, -0.2) is 8.78 Å². The Morgan fingerprint density at radius 1 is 1.08 bits per heavy atom. The number of Topliss-reactive ketones (excluding diaryl/α,β-unsaturated/α-hetero) is 1. The van der Waals surface area contributed by atoms with Crippen LogP contribution in [-0.4, -0.2) is 21.2 Å². The van der Waals surface area contributed by atoms with Crippen molar-refractivity contribution in [1.29, 1.82) is 0 Å². The topological polar surface area (TPSA) is 56.0 Å². The van der Waals surface area contributed by atoms with Crippen LogP contribution < -0.4 is 0 Å². The molecule has 3 aromatic rings. The Morgan fingerprint density at radius 3 is 2.50 bits per heavy atom. The van der Waals surface area contributed by atoms with Crippen LogP contribution in [0.15, 0.2) is 58.2 Å². The largest absolute Gasteiger partial charge is 0.411 e. The number of rotatable bonds is 5. The van der Waals surface area contributed by atoms with E-state index in [0.717, 1.165) is 11.8 Å². The van der Waals surface area contributed by atoms with E-state index in [9.17, 15) is 13.6 Å². The van der Waals surface area contributed by atoms with Crippen LogP contribution in [0.4, 0.5) is 8.78 Å². The Hall–Kier alpha value is -2.54. The molecular formula is C17H12F2N2O2S. The second-order valence-corrected chi connectivity index (χ2v) is 6.28. The van der Waals surface area contributed by atoms with Crippen molar-refractivity contribution in [3.63, 3.8) is 0 Å². The lowest BCUT2D eigenvalue weighted by atomic mass is 10.1. The van der Waals surface area contributed by atoms with Crippen LogP contribution in [0, 0.1) is 11.6 Å². The molecule has 2 aromatic carbocycles. The van der Waals surface area contributed by atoms with Gasteiger partial charge in [0.15, 0.2) is 5.78 Å². The SMILES string of the molecule is C[C@@H](Sc1nnc(-c2ccccc2F)o1)C(=O)c1ccc(F)cc1. The van der Waals surface area contributed by atoms with E-state index in [4.69, 9.17) is 4.42 Å². The lowest BCUT2D eigenvalue weighted by molar-refractivity contribution is 0.0993. The summed E-state index contributed by atoms with van der Waals surface area (Å²) in [6.07, 6.45) is 0. The van der Waals surface area contributed by atoms with Crippen molar-refractivity contribution in [2.75, 3.05) is 0 Å². The quantitative estimate of drug-likeness (QED) is 0.507. The molecule has 0 bridgehead atoms. The molecule has 0 fully saturated rings. The van der Waals surface area contributed by atoms with Gasteiger partial charge in [-0.3, -0.25) is 4.79 Å². The predicted octanol–water partition coefficient (Wildman–Crippen LogP) is 4.38. The molecule has 122 valence electrons. The van der Waals surface area contributed by atoms with Crippen LogP contribution >= 0.6 is 11.8 Å². The minimum Gasteiger partial charge on any atom is -0.411 e. The van der Waals surface area contributed by atoms with E-state index < -0.39 is 16.9 Å². The number of thioether (sulfide) groups is 1. The fourth-order valence-electron chi connectivity index (χ4n) is 2.05. The number of nitrogens with zero attached hydrogens (tertiary/aromatic N) is 2. The summed E-state index contributed by atoms with van der Waals surface area (Å²) in [6, 6.07) is 11.4. The van der Waals surface area contributed by atoms with Crippen molar-refractivity contribution in [3.05, 3.63) is 65.7 Å². The summed E-state index contributed by atoms with van der Waals surface area (Å²) in [5, 5.41) is 7.29. The molecule has 3 rings (SSSR count). The lowest BCUT2D eigenvalue weighted by Gasteiger charge is -2.07. The predicted molar refractivity (Wildman–Crippen MR) is 85.7 cm³/mol. The fraction of sp³-hybridized carbons (Fsp3) is 0.118. The normalized spacial score (nSPS) is 12.1. The second kappa shape index (κ2) is 6.92. The number of carbonyl (C=O) groups excluding carboxylic acids is 1. The van der Waals surface area contributed by atoms with Crippen molar-refractivity contribution < 1.29 is 18.0 Å². The molecule has 7 heteroatoms. The molecule has 4 nitrogen and oxygen atoms in total. The molecule has 0 saturated heterocycles. The van der Waals surface area contributed by atoms with Gasteiger partial charge < -0.3 is 4.42 Å². The first-order valence-electron chi connectivity index (χ1n) is 7.09. The third kappa shape index (κ3) is 3.51. The number of carbonyl (C=O) groups is 1. The number of hydrogen-bond acceptors (Lipinski definition) is 5. The first kappa shape index (κ1) is 16.3. The smallest absolute Gasteiger partial charge is 0.277 e. The van der Waals surface area contributed by atoms with Crippen LogP contribution in [0.2, 0.25) is 0 Å². The van der Waals surface area contributed by atoms with E-state index >= 15 is 0 Å². The number of hydrogen-bond donors (Lipinski definition) is 0. The maximum absolute atomic E-state index is 13.7. The zero-order valence-corrected chi connectivity index (χ0v) is 13.4. The van der Waals surface area contributed by atoms with Gasteiger partial charge in [0, 0.05) is 5.56 Å². The molecule has 0 N–H and O–H groups in total. The fourth-order valence-corrected chi connectivity index (χ4v) is 2.82. The molecule has 0 unspecified atom stereocenters. The highest BCUT2D eigenvalue weighted by atomic mass is 32.2. The molecule has 1 atom stereocenters. The Bertz CT molecular complexity index is 865. The van der Waals surface area contributed by atoms with Gasteiger partial charge in [-0.15, -0.1) is 10.2 Å². The minimum atomic E-state index is -0.510. The number of benzene rings is 2. The molecule has 0 aliphatic heterocycles. The monoisotopic (exact) mass is 346 g/mol. The first-order chi connectivity index (χ1) is 11.5. The first-order valence-corrected chi connectivity index (χ1v) is 7.97. The Labute approximate surface area is 140 Å². The molecule has 24 heavy (non-hydrogen) atoms. The zero-order valence-electron chi connectivity index (χ0n) is 12.6. The van der Waals surface area contributed by atoms with E-state index in [-0.39, 0.29) is 22.5 Å².